The lowest BCUT2D eigenvalue weighted by Crippen LogP contribution is -2.33. The summed E-state index contributed by atoms with van der Waals surface area (Å²) in [4.78, 5) is 47.3. The molecule has 3 rings (SSSR count). The standard InChI is InChI=1S/C21H16N2O8S2/c1-2-30-16-9-12(10-17-19(26)22(11-18(24)25)21(32)33-17)3-8-15(16)31-20(27)13-4-6-14(7-5-13)23(28)29/h3-10H,2,11H2,1H3,(H,24,25)/b17-10+. The number of nitro groups is 1. The summed E-state index contributed by atoms with van der Waals surface area (Å²) in [5.74, 6) is -2.06. The van der Waals surface area contributed by atoms with Crippen LogP contribution < -0.4 is 9.47 Å². The van der Waals surface area contributed by atoms with Gasteiger partial charge in [0.2, 0.25) is 0 Å². The van der Waals surface area contributed by atoms with Gasteiger partial charge in [0, 0.05) is 12.1 Å². The number of thioether (sulfide) groups is 1. The Hall–Kier alpha value is -3.77. The van der Waals surface area contributed by atoms with Gasteiger partial charge >= 0.3 is 11.9 Å². The predicted molar refractivity (Wildman–Crippen MR) is 123 cm³/mol. The molecule has 0 aromatic heterocycles. The van der Waals surface area contributed by atoms with E-state index in [9.17, 15) is 24.5 Å². The van der Waals surface area contributed by atoms with Gasteiger partial charge in [0.15, 0.2) is 11.5 Å². The molecule has 0 unspecified atom stereocenters. The van der Waals surface area contributed by atoms with Crippen molar-refractivity contribution in [2.75, 3.05) is 13.2 Å². The number of non-ortho nitro benzene ring substituents is 1. The van der Waals surface area contributed by atoms with E-state index in [-0.39, 0.29) is 38.6 Å². The van der Waals surface area contributed by atoms with E-state index < -0.39 is 29.3 Å². The van der Waals surface area contributed by atoms with Crippen LogP contribution in [0.2, 0.25) is 0 Å². The maximum absolute atomic E-state index is 12.4. The lowest BCUT2D eigenvalue weighted by Gasteiger charge is -2.12. The zero-order valence-corrected chi connectivity index (χ0v) is 18.7. The largest absolute Gasteiger partial charge is 0.490 e. The smallest absolute Gasteiger partial charge is 0.343 e. The molecule has 10 nitrogen and oxygen atoms in total. The molecule has 1 amide bonds. The van der Waals surface area contributed by atoms with Gasteiger partial charge in [-0.15, -0.1) is 0 Å². The molecule has 1 aliphatic heterocycles. The van der Waals surface area contributed by atoms with Crippen LogP contribution in [0.1, 0.15) is 22.8 Å². The maximum Gasteiger partial charge on any atom is 0.343 e. The van der Waals surface area contributed by atoms with Gasteiger partial charge in [-0.05, 0) is 42.8 Å². The number of benzene rings is 2. The van der Waals surface area contributed by atoms with Gasteiger partial charge in [0.25, 0.3) is 11.6 Å². The van der Waals surface area contributed by atoms with Crippen molar-refractivity contribution in [2.45, 2.75) is 6.92 Å². The third kappa shape index (κ3) is 5.73. The minimum absolute atomic E-state index is 0.120. The van der Waals surface area contributed by atoms with E-state index in [2.05, 4.69) is 0 Å². The van der Waals surface area contributed by atoms with Crippen LogP contribution in [0.4, 0.5) is 5.69 Å². The van der Waals surface area contributed by atoms with Crippen molar-refractivity contribution < 1.29 is 33.9 Å². The van der Waals surface area contributed by atoms with E-state index in [0.29, 0.717) is 5.56 Å². The molecule has 33 heavy (non-hydrogen) atoms. The average molecular weight is 488 g/mol. The Morgan fingerprint density at radius 1 is 1.21 bits per heavy atom. The fourth-order valence-corrected chi connectivity index (χ4v) is 4.02. The highest BCUT2D eigenvalue weighted by Crippen LogP contribution is 2.35. The molecule has 0 radical (unpaired) electrons. The van der Waals surface area contributed by atoms with E-state index in [0.717, 1.165) is 16.7 Å². The second kappa shape index (κ2) is 10.2. The molecule has 2 aromatic rings. The fourth-order valence-electron chi connectivity index (χ4n) is 2.77. The highest BCUT2D eigenvalue weighted by Gasteiger charge is 2.33. The van der Waals surface area contributed by atoms with E-state index in [1.807, 2.05) is 0 Å². The SMILES string of the molecule is CCOc1cc(/C=C2/SC(=S)N(CC(=O)O)C2=O)ccc1OC(=O)c1ccc([N+](=O)[O-])cc1. The Morgan fingerprint density at radius 2 is 1.91 bits per heavy atom. The van der Waals surface area contributed by atoms with Crippen LogP contribution in [0, 0.1) is 10.1 Å². The molecule has 1 heterocycles. The van der Waals surface area contributed by atoms with Crippen molar-refractivity contribution in [1.29, 1.82) is 0 Å². The summed E-state index contributed by atoms with van der Waals surface area (Å²) in [6, 6.07) is 9.60. The van der Waals surface area contributed by atoms with Gasteiger partial charge in [-0.3, -0.25) is 24.6 Å². The van der Waals surface area contributed by atoms with Gasteiger partial charge in [-0.1, -0.05) is 30.0 Å². The zero-order chi connectivity index (χ0) is 24.1. The number of carbonyl (C=O) groups excluding carboxylic acids is 2. The summed E-state index contributed by atoms with van der Waals surface area (Å²) in [6.45, 7) is 1.49. The number of nitrogens with zero attached hydrogens (tertiary/aromatic N) is 2. The maximum atomic E-state index is 12.4. The Balaban J connectivity index is 1.82. The molecule has 1 saturated heterocycles. The molecule has 0 spiro atoms. The lowest BCUT2D eigenvalue weighted by molar-refractivity contribution is -0.384. The molecule has 1 aliphatic rings. The second-order valence-electron chi connectivity index (χ2n) is 6.49. The summed E-state index contributed by atoms with van der Waals surface area (Å²) in [6.07, 6.45) is 1.53. The van der Waals surface area contributed by atoms with Crippen LogP contribution in [0.3, 0.4) is 0 Å². The minimum Gasteiger partial charge on any atom is -0.490 e. The number of carboxylic acids is 1. The first-order valence-corrected chi connectivity index (χ1v) is 10.6. The number of hydrogen-bond acceptors (Lipinski definition) is 9. The quantitative estimate of drug-likeness (QED) is 0.147. The summed E-state index contributed by atoms with van der Waals surface area (Å²) in [7, 11) is 0. The highest BCUT2D eigenvalue weighted by atomic mass is 32.2. The molecule has 0 aliphatic carbocycles. The lowest BCUT2D eigenvalue weighted by atomic mass is 10.1. The van der Waals surface area contributed by atoms with Gasteiger partial charge < -0.3 is 14.6 Å². The second-order valence-corrected chi connectivity index (χ2v) is 8.17. The molecule has 1 fully saturated rings. The van der Waals surface area contributed by atoms with Crippen molar-refractivity contribution in [1.82, 2.24) is 4.90 Å². The number of carbonyl (C=O) groups is 3. The van der Waals surface area contributed by atoms with Crippen molar-refractivity contribution in [3.05, 3.63) is 68.6 Å². The number of hydrogen-bond donors (Lipinski definition) is 1. The molecule has 12 heteroatoms. The molecule has 0 bridgehead atoms. The number of ether oxygens (including phenoxy) is 2. The third-order valence-electron chi connectivity index (χ3n) is 4.25. The third-order valence-corrected chi connectivity index (χ3v) is 5.63. The number of amides is 1. The molecule has 1 N–H and O–H groups in total. The summed E-state index contributed by atoms with van der Waals surface area (Å²) < 4.78 is 11.1. The molecule has 170 valence electrons. The topological polar surface area (TPSA) is 136 Å². The van der Waals surface area contributed by atoms with Crippen LogP contribution in [-0.2, 0) is 9.59 Å². The molecule has 2 aromatic carbocycles. The zero-order valence-electron chi connectivity index (χ0n) is 17.0. The number of nitro benzene ring substituents is 1. The molecular weight excluding hydrogens is 472 g/mol. The van der Waals surface area contributed by atoms with E-state index in [4.69, 9.17) is 26.8 Å². The van der Waals surface area contributed by atoms with Gasteiger partial charge in [0.1, 0.15) is 10.9 Å². The monoisotopic (exact) mass is 488 g/mol. The Kier molecular flexibility index (Phi) is 7.41. The first-order chi connectivity index (χ1) is 15.7. The Labute approximate surface area is 196 Å². The number of aliphatic carboxylic acids is 1. The number of thiocarbonyl (C=S) groups is 1. The molecular formula is C21H16N2O8S2. The minimum atomic E-state index is -1.18. The number of esters is 1. The van der Waals surface area contributed by atoms with E-state index in [1.165, 1.54) is 36.4 Å². The van der Waals surface area contributed by atoms with E-state index in [1.54, 1.807) is 19.1 Å². The summed E-state index contributed by atoms with van der Waals surface area (Å²) >= 11 is 6.06. The van der Waals surface area contributed by atoms with Crippen LogP contribution >= 0.6 is 24.0 Å². The van der Waals surface area contributed by atoms with Crippen molar-refractivity contribution in [3.8, 4) is 11.5 Å². The highest BCUT2D eigenvalue weighted by molar-refractivity contribution is 8.26. The van der Waals surface area contributed by atoms with Gasteiger partial charge in [-0.25, -0.2) is 4.79 Å². The Morgan fingerprint density at radius 3 is 2.52 bits per heavy atom. The van der Waals surface area contributed by atoms with Crippen LogP contribution in [0.25, 0.3) is 6.08 Å². The normalized spacial score (nSPS) is 14.5. The number of carboxylic acid groups (broad SMARTS) is 1. The summed E-state index contributed by atoms with van der Waals surface area (Å²) in [5.41, 5.74) is 0.512. The van der Waals surface area contributed by atoms with Crippen LogP contribution in [0.15, 0.2) is 47.4 Å². The predicted octanol–water partition coefficient (Wildman–Crippen LogP) is 3.50. The average Bonchev–Trinajstić information content (AvgIpc) is 3.02. The van der Waals surface area contributed by atoms with E-state index >= 15 is 0 Å². The summed E-state index contributed by atoms with van der Waals surface area (Å²) in [5, 5.41) is 19.7. The first kappa shape index (κ1) is 23.9. The Bertz CT molecular complexity index is 1180. The fraction of sp³-hybridized carbons (Fsp3) is 0.143. The van der Waals surface area contributed by atoms with Crippen molar-refractivity contribution in [3.63, 3.8) is 0 Å². The van der Waals surface area contributed by atoms with Crippen LogP contribution in [-0.4, -0.2) is 50.2 Å². The first-order valence-electron chi connectivity index (χ1n) is 9.40. The van der Waals surface area contributed by atoms with Crippen molar-refractivity contribution >= 4 is 57.9 Å². The number of rotatable bonds is 8. The van der Waals surface area contributed by atoms with Gasteiger partial charge in [-0.2, -0.15) is 0 Å². The van der Waals surface area contributed by atoms with Crippen molar-refractivity contribution in [2.24, 2.45) is 0 Å². The molecule has 0 saturated carbocycles. The van der Waals surface area contributed by atoms with Crippen LogP contribution in [0.5, 0.6) is 11.5 Å². The van der Waals surface area contributed by atoms with Gasteiger partial charge in [0.05, 0.1) is 22.0 Å². The molecule has 0 atom stereocenters.